The molecule has 1 saturated heterocycles. The van der Waals surface area contributed by atoms with E-state index < -0.39 is 11.6 Å². The van der Waals surface area contributed by atoms with Gasteiger partial charge in [-0.3, -0.25) is 4.79 Å². The topological polar surface area (TPSA) is 41.1 Å². The fourth-order valence-electron chi connectivity index (χ4n) is 2.69. The first kappa shape index (κ1) is 14.9. The van der Waals surface area contributed by atoms with E-state index in [1.54, 1.807) is 0 Å². The number of nitrogens with one attached hydrogen (secondary N) is 2. The number of hydrogen-bond acceptors (Lipinski definition) is 2. The number of rotatable bonds is 4. The van der Waals surface area contributed by atoms with Crippen LogP contribution in [0.1, 0.15) is 31.7 Å². The number of halogens is 2. The molecule has 20 heavy (non-hydrogen) atoms. The number of carbonyl (C=O) groups excluding carboxylic acids is 1. The fraction of sp³-hybridized carbons (Fsp3) is 0.533. The van der Waals surface area contributed by atoms with Gasteiger partial charge in [-0.2, -0.15) is 0 Å². The first-order valence-electron chi connectivity index (χ1n) is 7.00. The van der Waals surface area contributed by atoms with Gasteiger partial charge < -0.3 is 10.6 Å². The summed E-state index contributed by atoms with van der Waals surface area (Å²) in [4.78, 5) is 12.4. The number of carbonyl (C=O) groups is 1. The average Bonchev–Trinajstić information content (AvgIpc) is 2.48. The molecule has 1 heterocycles. The summed E-state index contributed by atoms with van der Waals surface area (Å²) in [6.07, 6.45) is 2.31. The molecule has 1 amide bonds. The molecule has 0 radical (unpaired) electrons. The highest BCUT2D eigenvalue weighted by Crippen LogP contribution is 2.32. The van der Waals surface area contributed by atoms with Crippen LogP contribution >= 0.6 is 0 Å². The van der Waals surface area contributed by atoms with E-state index in [-0.39, 0.29) is 23.4 Å². The van der Waals surface area contributed by atoms with Gasteiger partial charge >= 0.3 is 0 Å². The molecule has 0 spiro atoms. The van der Waals surface area contributed by atoms with E-state index in [4.69, 9.17) is 0 Å². The summed E-state index contributed by atoms with van der Waals surface area (Å²) in [6.45, 7) is 3.65. The summed E-state index contributed by atoms with van der Waals surface area (Å²) in [5, 5.41) is 5.98. The highest BCUT2D eigenvalue weighted by Gasteiger charge is 2.37. The Morgan fingerprint density at radius 2 is 2.05 bits per heavy atom. The molecule has 1 aliphatic heterocycles. The Bertz CT molecular complexity index is 485. The Morgan fingerprint density at radius 3 is 2.70 bits per heavy atom. The standard InChI is InChI=1S/C15H20F2N2O/c1-2-15(5-7-18-8-6-15)14(20)19-10-11-9-12(16)3-4-13(11)17/h3-4,9,18H,2,5-8,10H2,1H3,(H,19,20). The molecule has 3 nitrogen and oxygen atoms in total. The minimum atomic E-state index is -0.498. The van der Waals surface area contributed by atoms with Crippen molar-refractivity contribution in [1.29, 1.82) is 0 Å². The molecule has 1 aliphatic rings. The second kappa shape index (κ2) is 6.31. The Balaban J connectivity index is 2.02. The summed E-state index contributed by atoms with van der Waals surface area (Å²) >= 11 is 0. The van der Waals surface area contributed by atoms with E-state index in [0.717, 1.165) is 50.6 Å². The molecule has 2 rings (SSSR count). The Hall–Kier alpha value is -1.49. The number of benzene rings is 1. The van der Waals surface area contributed by atoms with Crippen LogP contribution in [0.25, 0.3) is 0 Å². The van der Waals surface area contributed by atoms with Crippen molar-refractivity contribution in [2.24, 2.45) is 5.41 Å². The maximum Gasteiger partial charge on any atom is 0.226 e. The third kappa shape index (κ3) is 3.15. The molecular weight excluding hydrogens is 262 g/mol. The van der Waals surface area contributed by atoms with Crippen molar-refractivity contribution in [3.63, 3.8) is 0 Å². The minimum Gasteiger partial charge on any atom is -0.351 e. The predicted molar refractivity (Wildman–Crippen MR) is 73.0 cm³/mol. The second-order valence-electron chi connectivity index (χ2n) is 5.30. The van der Waals surface area contributed by atoms with Crippen molar-refractivity contribution in [3.05, 3.63) is 35.4 Å². The molecule has 0 unspecified atom stereocenters. The van der Waals surface area contributed by atoms with Crippen LogP contribution in [0.5, 0.6) is 0 Å². The molecule has 0 bridgehead atoms. The normalized spacial score (nSPS) is 17.8. The van der Waals surface area contributed by atoms with E-state index >= 15 is 0 Å². The Kier molecular flexibility index (Phi) is 4.70. The maximum atomic E-state index is 13.5. The van der Waals surface area contributed by atoms with Gasteiger partial charge in [-0.25, -0.2) is 8.78 Å². The van der Waals surface area contributed by atoms with Crippen LogP contribution in [-0.2, 0) is 11.3 Å². The molecule has 2 N–H and O–H groups in total. The third-order valence-electron chi connectivity index (χ3n) is 4.17. The number of piperidine rings is 1. The zero-order valence-electron chi connectivity index (χ0n) is 11.6. The zero-order valence-corrected chi connectivity index (χ0v) is 11.6. The van der Waals surface area contributed by atoms with Crippen LogP contribution in [0.4, 0.5) is 8.78 Å². The summed E-state index contributed by atoms with van der Waals surface area (Å²) in [6, 6.07) is 3.27. The van der Waals surface area contributed by atoms with Crippen LogP contribution in [0.2, 0.25) is 0 Å². The Labute approximate surface area is 117 Å². The lowest BCUT2D eigenvalue weighted by Gasteiger charge is -2.35. The molecule has 1 fully saturated rings. The van der Waals surface area contributed by atoms with E-state index in [2.05, 4.69) is 10.6 Å². The van der Waals surface area contributed by atoms with Gasteiger partial charge in [0.15, 0.2) is 0 Å². The van der Waals surface area contributed by atoms with E-state index in [9.17, 15) is 13.6 Å². The van der Waals surface area contributed by atoms with Gasteiger partial charge in [0.25, 0.3) is 0 Å². The van der Waals surface area contributed by atoms with Gasteiger partial charge in [0.2, 0.25) is 5.91 Å². The first-order chi connectivity index (χ1) is 9.57. The molecule has 5 heteroatoms. The largest absolute Gasteiger partial charge is 0.351 e. The Morgan fingerprint density at radius 1 is 1.35 bits per heavy atom. The van der Waals surface area contributed by atoms with E-state index in [0.29, 0.717) is 0 Å². The van der Waals surface area contributed by atoms with Crippen LogP contribution in [-0.4, -0.2) is 19.0 Å². The zero-order chi connectivity index (χ0) is 14.6. The summed E-state index contributed by atoms with van der Waals surface area (Å²) in [5.41, 5.74) is -0.201. The second-order valence-corrected chi connectivity index (χ2v) is 5.30. The first-order valence-corrected chi connectivity index (χ1v) is 7.00. The molecule has 1 aromatic carbocycles. The lowest BCUT2D eigenvalue weighted by Crippen LogP contribution is -2.47. The summed E-state index contributed by atoms with van der Waals surface area (Å²) < 4.78 is 26.6. The van der Waals surface area contributed by atoms with Crippen molar-refractivity contribution in [2.75, 3.05) is 13.1 Å². The molecule has 0 aliphatic carbocycles. The minimum absolute atomic E-state index is 0.0254. The number of amides is 1. The number of hydrogen-bond donors (Lipinski definition) is 2. The monoisotopic (exact) mass is 282 g/mol. The fourth-order valence-corrected chi connectivity index (χ4v) is 2.69. The lowest BCUT2D eigenvalue weighted by atomic mass is 9.76. The quantitative estimate of drug-likeness (QED) is 0.890. The SMILES string of the molecule is CCC1(C(=O)NCc2cc(F)ccc2F)CCNCC1. The maximum absolute atomic E-state index is 13.5. The predicted octanol–water partition coefficient (Wildman–Crippen LogP) is 2.36. The van der Waals surface area contributed by atoms with Crippen molar-refractivity contribution in [3.8, 4) is 0 Å². The van der Waals surface area contributed by atoms with Gasteiger partial charge in [0, 0.05) is 12.1 Å². The van der Waals surface area contributed by atoms with Gasteiger partial charge in [0.05, 0.1) is 5.41 Å². The van der Waals surface area contributed by atoms with Crippen LogP contribution in [0.15, 0.2) is 18.2 Å². The summed E-state index contributed by atoms with van der Waals surface area (Å²) in [7, 11) is 0. The van der Waals surface area contributed by atoms with E-state index in [1.807, 2.05) is 6.92 Å². The van der Waals surface area contributed by atoms with E-state index in [1.165, 1.54) is 0 Å². The average molecular weight is 282 g/mol. The van der Waals surface area contributed by atoms with Crippen LogP contribution in [0, 0.1) is 17.0 Å². The highest BCUT2D eigenvalue weighted by molar-refractivity contribution is 5.82. The highest BCUT2D eigenvalue weighted by atomic mass is 19.1. The molecule has 0 saturated carbocycles. The van der Waals surface area contributed by atoms with Gasteiger partial charge in [-0.1, -0.05) is 6.92 Å². The van der Waals surface area contributed by atoms with Crippen molar-refractivity contribution >= 4 is 5.91 Å². The molecule has 110 valence electrons. The van der Waals surface area contributed by atoms with Crippen LogP contribution < -0.4 is 10.6 Å². The van der Waals surface area contributed by atoms with Crippen molar-refractivity contribution < 1.29 is 13.6 Å². The van der Waals surface area contributed by atoms with Crippen molar-refractivity contribution in [2.45, 2.75) is 32.7 Å². The molecule has 0 atom stereocenters. The molecule has 1 aromatic rings. The van der Waals surface area contributed by atoms with Crippen LogP contribution in [0.3, 0.4) is 0 Å². The van der Waals surface area contributed by atoms with Gasteiger partial charge in [0.1, 0.15) is 11.6 Å². The van der Waals surface area contributed by atoms with Gasteiger partial charge in [-0.05, 0) is 50.6 Å². The molecular formula is C15H20F2N2O. The van der Waals surface area contributed by atoms with Crippen molar-refractivity contribution in [1.82, 2.24) is 10.6 Å². The lowest BCUT2D eigenvalue weighted by molar-refractivity contribution is -0.133. The van der Waals surface area contributed by atoms with Gasteiger partial charge in [-0.15, -0.1) is 0 Å². The smallest absolute Gasteiger partial charge is 0.226 e. The third-order valence-corrected chi connectivity index (χ3v) is 4.17. The molecule has 0 aromatic heterocycles. The summed E-state index contributed by atoms with van der Waals surface area (Å²) in [5.74, 6) is -1.06.